The molecular weight excluding hydrogens is 286 g/mol. The SMILES string of the molecule is CN1C(=O)CC[C@@H]2[C@@H]3CC=C4C[C@@H](O)CC[C@]4(C)[C@H]3CC[C@]21C. The molecule has 3 aliphatic carbocycles. The van der Waals surface area contributed by atoms with Crippen LogP contribution >= 0.6 is 0 Å². The quantitative estimate of drug-likeness (QED) is 0.694. The largest absolute Gasteiger partial charge is 0.393 e. The number of aliphatic hydroxyl groups excluding tert-OH is 1. The third-order valence-electron chi connectivity index (χ3n) is 8.24. The molecule has 3 nitrogen and oxygen atoms in total. The zero-order chi connectivity index (χ0) is 16.4. The number of aliphatic hydroxyl groups is 1. The maximum absolute atomic E-state index is 12.2. The van der Waals surface area contributed by atoms with Gasteiger partial charge in [0.15, 0.2) is 0 Å². The Bertz CT molecular complexity index is 556. The van der Waals surface area contributed by atoms with E-state index in [0.717, 1.165) is 50.9 Å². The van der Waals surface area contributed by atoms with Crippen molar-refractivity contribution in [2.45, 2.75) is 76.9 Å². The topological polar surface area (TPSA) is 40.5 Å². The minimum atomic E-state index is -0.127. The number of carbonyl (C=O) groups is 1. The Morgan fingerprint density at radius 1 is 1.17 bits per heavy atom. The Morgan fingerprint density at radius 3 is 2.74 bits per heavy atom. The van der Waals surface area contributed by atoms with E-state index in [4.69, 9.17) is 0 Å². The third kappa shape index (κ3) is 2.08. The first-order chi connectivity index (χ1) is 10.9. The van der Waals surface area contributed by atoms with Crippen LogP contribution in [0, 0.1) is 23.2 Å². The lowest BCUT2D eigenvalue weighted by molar-refractivity contribution is -0.153. The first-order valence-electron chi connectivity index (χ1n) is 9.50. The first kappa shape index (κ1) is 15.7. The molecule has 0 unspecified atom stereocenters. The molecule has 0 spiro atoms. The van der Waals surface area contributed by atoms with Gasteiger partial charge >= 0.3 is 0 Å². The molecule has 3 fully saturated rings. The van der Waals surface area contributed by atoms with Crippen LogP contribution in [0.3, 0.4) is 0 Å². The minimum Gasteiger partial charge on any atom is -0.393 e. The van der Waals surface area contributed by atoms with Crippen molar-refractivity contribution in [3.05, 3.63) is 11.6 Å². The molecular formula is C20H31NO2. The van der Waals surface area contributed by atoms with Gasteiger partial charge in [-0.3, -0.25) is 4.79 Å². The fourth-order valence-corrected chi connectivity index (χ4v) is 6.62. The Hall–Kier alpha value is -0.830. The zero-order valence-corrected chi connectivity index (χ0v) is 14.8. The van der Waals surface area contributed by atoms with Crippen LogP contribution < -0.4 is 0 Å². The van der Waals surface area contributed by atoms with E-state index < -0.39 is 0 Å². The third-order valence-corrected chi connectivity index (χ3v) is 8.24. The lowest BCUT2D eigenvalue weighted by atomic mass is 9.48. The zero-order valence-electron chi connectivity index (χ0n) is 14.8. The summed E-state index contributed by atoms with van der Waals surface area (Å²) in [5.41, 5.74) is 1.89. The van der Waals surface area contributed by atoms with Gasteiger partial charge in [0, 0.05) is 19.0 Å². The molecule has 1 heterocycles. The van der Waals surface area contributed by atoms with Crippen molar-refractivity contribution < 1.29 is 9.90 Å². The van der Waals surface area contributed by atoms with E-state index in [1.54, 1.807) is 0 Å². The fraction of sp³-hybridized carbons (Fsp3) is 0.850. The lowest BCUT2D eigenvalue weighted by Crippen LogP contribution is -2.62. The lowest BCUT2D eigenvalue weighted by Gasteiger charge is -2.61. The Labute approximate surface area is 140 Å². The van der Waals surface area contributed by atoms with Crippen molar-refractivity contribution in [1.82, 2.24) is 4.90 Å². The first-order valence-corrected chi connectivity index (χ1v) is 9.50. The fourth-order valence-electron chi connectivity index (χ4n) is 6.62. The summed E-state index contributed by atoms with van der Waals surface area (Å²) in [4.78, 5) is 14.3. The normalized spacial score (nSPS) is 49.8. The van der Waals surface area contributed by atoms with E-state index in [2.05, 4.69) is 24.8 Å². The molecule has 0 aromatic heterocycles. The van der Waals surface area contributed by atoms with Gasteiger partial charge in [0.25, 0.3) is 0 Å². The second kappa shape index (κ2) is 5.08. The summed E-state index contributed by atoms with van der Waals surface area (Å²) in [6.45, 7) is 4.79. The van der Waals surface area contributed by atoms with Crippen LogP contribution in [0.4, 0.5) is 0 Å². The van der Waals surface area contributed by atoms with Gasteiger partial charge in [0.1, 0.15) is 0 Å². The second-order valence-electron chi connectivity index (χ2n) is 9.04. The van der Waals surface area contributed by atoms with Crippen molar-refractivity contribution in [3.63, 3.8) is 0 Å². The van der Waals surface area contributed by atoms with Gasteiger partial charge in [-0.15, -0.1) is 0 Å². The average Bonchev–Trinajstić information content (AvgIpc) is 2.52. The summed E-state index contributed by atoms with van der Waals surface area (Å²) in [5.74, 6) is 2.44. The van der Waals surface area contributed by atoms with Gasteiger partial charge in [-0.25, -0.2) is 0 Å². The molecule has 1 aliphatic heterocycles. The van der Waals surface area contributed by atoms with Crippen LogP contribution in [0.2, 0.25) is 0 Å². The standard InChI is InChI=1S/C20H31NO2/c1-19-10-8-14(22)12-13(19)4-5-15-16(19)9-11-20(2)17(15)6-7-18(23)21(20)3/h4,14-17,22H,5-12H2,1-3H3/t14-,15+,16-,17+,19-,20+/m0/s1. The van der Waals surface area contributed by atoms with Crippen LogP contribution in [-0.4, -0.2) is 34.6 Å². The minimum absolute atomic E-state index is 0.0619. The predicted octanol–water partition coefficient (Wildman–Crippen LogP) is 3.52. The smallest absolute Gasteiger partial charge is 0.222 e. The highest BCUT2D eigenvalue weighted by atomic mass is 16.3. The van der Waals surface area contributed by atoms with Crippen molar-refractivity contribution in [1.29, 1.82) is 0 Å². The maximum Gasteiger partial charge on any atom is 0.222 e. The number of hydrogen-bond acceptors (Lipinski definition) is 2. The maximum atomic E-state index is 12.2. The van der Waals surface area contributed by atoms with Crippen LogP contribution in [0.15, 0.2) is 11.6 Å². The molecule has 3 heteroatoms. The number of allylic oxidation sites excluding steroid dienone is 1. The average molecular weight is 317 g/mol. The van der Waals surface area contributed by atoms with Crippen molar-refractivity contribution in [3.8, 4) is 0 Å². The molecule has 0 bridgehead atoms. The highest BCUT2D eigenvalue weighted by Gasteiger charge is 2.57. The molecule has 0 aromatic rings. The van der Waals surface area contributed by atoms with Gasteiger partial charge in [-0.1, -0.05) is 18.6 Å². The summed E-state index contributed by atoms with van der Waals surface area (Å²) in [6, 6.07) is 0. The predicted molar refractivity (Wildman–Crippen MR) is 90.8 cm³/mol. The van der Waals surface area contributed by atoms with Crippen LogP contribution in [0.25, 0.3) is 0 Å². The van der Waals surface area contributed by atoms with Crippen molar-refractivity contribution in [2.75, 3.05) is 7.05 Å². The molecule has 2 saturated carbocycles. The Balaban J connectivity index is 1.68. The second-order valence-corrected chi connectivity index (χ2v) is 9.04. The molecule has 23 heavy (non-hydrogen) atoms. The molecule has 4 aliphatic rings. The van der Waals surface area contributed by atoms with E-state index in [-0.39, 0.29) is 11.6 Å². The van der Waals surface area contributed by atoms with Gasteiger partial charge in [0.05, 0.1) is 6.10 Å². The summed E-state index contributed by atoms with van der Waals surface area (Å²) < 4.78 is 0. The molecule has 0 aromatic carbocycles. The van der Waals surface area contributed by atoms with Gasteiger partial charge in [-0.2, -0.15) is 0 Å². The number of amides is 1. The molecule has 0 radical (unpaired) electrons. The molecule has 6 atom stereocenters. The van der Waals surface area contributed by atoms with E-state index in [1.807, 2.05) is 7.05 Å². The van der Waals surface area contributed by atoms with Gasteiger partial charge < -0.3 is 10.0 Å². The van der Waals surface area contributed by atoms with Crippen molar-refractivity contribution >= 4 is 5.91 Å². The van der Waals surface area contributed by atoms with E-state index >= 15 is 0 Å². The van der Waals surface area contributed by atoms with Crippen LogP contribution in [0.5, 0.6) is 0 Å². The van der Waals surface area contributed by atoms with Crippen LogP contribution in [0.1, 0.15) is 65.2 Å². The summed E-state index contributed by atoms with van der Waals surface area (Å²) in [7, 11) is 2.03. The number of rotatable bonds is 0. The van der Waals surface area contributed by atoms with Gasteiger partial charge in [0.2, 0.25) is 5.91 Å². The number of likely N-dealkylation sites (tertiary alicyclic amines) is 1. The summed E-state index contributed by atoms with van der Waals surface area (Å²) in [6.07, 6.45) is 10.7. The molecule has 1 saturated heterocycles. The summed E-state index contributed by atoms with van der Waals surface area (Å²) >= 11 is 0. The number of hydrogen-bond donors (Lipinski definition) is 1. The number of carbonyl (C=O) groups excluding carboxylic acids is 1. The van der Waals surface area contributed by atoms with E-state index in [9.17, 15) is 9.90 Å². The monoisotopic (exact) mass is 317 g/mol. The molecule has 128 valence electrons. The van der Waals surface area contributed by atoms with Gasteiger partial charge in [-0.05, 0) is 75.0 Å². The number of nitrogens with zero attached hydrogens (tertiary/aromatic N) is 1. The Morgan fingerprint density at radius 2 is 1.96 bits per heavy atom. The highest BCUT2D eigenvalue weighted by molar-refractivity contribution is 5.77. The van der Waals surface area contributed by atoms with Crippen LogP contribution in [-0.2, 0) is 4.79 Å². The van der Waals surface area contributed by atoms with E-state index in [0.29, 0.717) is 23.2 Å². The van der Waals surface area contributed by atoms with Crippen molar-refractivity contribution in [2.24, 2.45) is 23.2 Å². The number of fused-ring (bicyclic) bond motifs is 5. The number of piperidine rings is 1. The molecule has 4 rings (SSSR count). The molecule has 1 amide bonds. The highest BCUT2D eigenvalue weighted by Crippen LogP contribution is 2.61. The van der Waals surface area contributed by atoms with E-state index in [1.165, 1.54) is 12.0 Å². The Kier molecular flexibility index (Phi) is 3.46. The summed E-state index contributed by atoms with van der Waals surface area (Å²) in [5, 5.41) is 10.1. The molecule has 1 N–H and O–H groups in total.